The number of H-pyrrole nitrogens is 1. The van der Waals surface area contributed by atoms with Gasteiger partial charge in [0.25, 0.3) is 0 Å². The van der Waals surface area contributed by atoms with Gasteiger partial charge in [-0.15, -0.1) is 0 Å². The number of anilines is 1. The lowest BCUT2D eigenvalue weighted by Gasteiger charge is -2.01. The number of aromatic amines is 1. The van der Waals surface area contributed by atoms with Crippen molar-refractivity contribution in [1.82, 2.24) is 10.2 Å². The van der Waals surface area contributed by atoms with Gasteiger partial charge in [-0.1, -0.05) is 0 Å². The van der Waals surface area contributed by atoms with E-state index < -0.39 is 0 Å². The molecule has 4 heteroatoms. The average Bonchev–Trinajstić information content (AvgIpc) is 2.46. The van der Waals surface area contributed by atoms with Gasteiger partial charge in [0, 0.05) is 23.3 Å². The molecule has 1 aromatic carbocycles. The molecule has 0 radical (unpaired) electrons. The molecular weight excluding hydrogens is 164 g/mol. The number of nitrogens with two attached hydrogens (primary N) is 2. The van der Waals surface area contributed by atoms with Gasteiger partial charge in [-0.25, -0.2) is 0 Å². The smallest absolute Gasteiger partial charge is 0.0944 e. The van der Waals surface area contributed by atoms with Crippen LogP contribution in [0.2, 0.25) is 0 Å². The van der Waals surface area contributed by atoms with E-state index in [-0.39, 0.29) is 0 Å². The van der Waals surface area contributed by atoms with Crippen molar-refractivity contribution >= 4 is 16.6 Å². The highest BCUT2D eigenvalue weighted by Crippen LogP contribution is 2.21. The van der Waals surface area contributed by atoms with Crippen LogP contribution in [-0.2, 0) is 6.54 Å². The minimum atomic E-state index is 0.465. The first-order valence-electron chi connectivity index (χ1n) is 4.15. The molecule has 1 heterocycles. The van der Waals surface area contributed by atoms with Gasteiger partial charge in [-0.2, -0.15) is 5.10 Å². The van der Waals surface area contributed by atoms with Gasteiger partial charge in [-0.3, -0.25) is 5.10 Å². The molecule has 4 nitrogen and oxygen atoms in total. The van der Waals surface area contributed by atoms with Crippen molar-refractivity contribution in [3.05, 3.63) is 23.4 Å². The number of benzene rings is 1. The van der Waals surface area contributed by atoms with E-state index in [0.717, 1.165) is 22.2 Å². The van der Waals surface area contributed by atoms with E-state index in [1.54, 1.807) is 0 Å². The summed E-state index contributed by atoms with van der Waals surface area (Å²) in [5, 5.41) is 8.11. The number of rotatable bonds is 1. The molecule has 0 atom stereocenters. The van der Waals surface area contributed by atoms with Crippen LogP contribution in [0, 0.1) is 6.92 Å². The molecule has 2 aromatic rings. The Bertz CT molecular complexity index is 444. The lowest BCUT2D eigenvalue weighted by Crippen LogP contribution is -2.01. The molecule has 0 bridgehead atoms. The van der Waals surface area contributed by atoms with E-state index in [2.05, 4.69) is 10.2 Å². The lowest BCUT2D eigenvalue weighted by molar-refractivity contribution is 1.07. The van der Waals surface area contributed by atoms with Gasteiger partial charge >= 0.3 is 0 Å². The fourth-order valence-corrected chi connectivity index (χ4v) is 1.42. The van der Waals surface area contributed by atoms with Crippen LogP contribution in [0.1, 0.15) is 11.3 Å². The molecule has 1 aromatic heterocycles. The summed E-state index contributed by atoms with van der Waals surface area (Å²) in [4.78, 5) is 0. The van der Waals surface area contributed by atoms with Crippen molar-refractivity contribution in [2.24, 2.45) is 5.73 Å². The zero-order valence-corrected chi connectivity index (χ0v) is 7.46. The van der Waals surface area contributed by atoms with Gasteiger partial charge in [0.15, 0.2) is 0 Å². The molecular formula is C9H12N4. The van der Waals surface area contributed by atoms with Crippen LogP contribution in [0.4, 0.5) is 5.69 Å². The molecule has 0 fully saturated rings. The number of fused-ring (bicyclic) bond motifs is 1. The topological polar surface area (TPSA) is 80.7 Å². The fraction of sp³-hybridized carbons (Fsp3) is 0.222. The van der Waals surface area contributed by atoms with E-state index in [9.17, 15) is 0 Å². The third-order valence-corrected chi connectivity index (χ3v) is 2.23. The quantitative estimate of drug-likeness (QED) is 0.565. The largest absolute Gasteiger partial charge is 0.398 e. The number of aromatic nitrogens is 2. The van der Waals surface area contributed by atoms with Crippen LogP contribution >= 0.6 is 0 Å². The van der Waals surface area contributed by atoms with Crippen LogP contribution in [0.15, 0.2) is 12.1 Å². The van der Waals surface area contributed by atoms with E-state index in [4.69, 9.17) is 11.5 Å². The lowest BCUT2D eigenvalue weighted by atomic mass is 10.1. The number of nitrogen functional groups attached to an aromatic ring is 1. The molecule has 5 N–H and O–H groups in total. The highest BCUT2D eigenvalue weighted by molar-refractivity contribution is 5.85. The number of aryl methyl sites for hydroxylation is 1. The number of hydrogen-bond acceptors (Lipinski definition) is 3. The molecule has 0 saturated carbocycles. The molecule has 0 saturated heterocycles. The first kappa shape index (κ1) is 8.07. The van der Waals surface area contributed by atoms with Crippen molar-refractivity contribution in [2.45, 2.75) is 13.5 Å². The minimum Gasteiger partial charge on any atom is -0.398 e. The Labute approximate surface area is 75.9 Å². The van der Waals surface area contributed by atoms with E-state index >= 15 is 0 Å². The maximum absolute atomic E-state index is 5.77. The monoisotopic (exact) mass is 176 g/mol. The maximum Gasteiger partial charge on any atom is 0.0944 e. The summed E-state index contributed by atoms with van der Waals surface area (Å²) < 4.78 is 0. The summed E-state index contributed by atoms with van der Waals surface area (Å²) in [6.07, 6.45) is 0. The Morgan fingerprint density at radius 1 is 1.46 bits per heavy atom. The SMILES string of the molecule is Cc1[nH]nc2cc(N)c(CN)cc12. The Balaban J connectivity index is 2.77. The maximum atomic E-state index is 5.77. The Hall–Kier alpha value is -1.55. The second kappa shape index (κ2) is 2.74. The Morgan fingerprint density at radius 3 is 2.92 bits per heavy atom. The van der Waals surface area contributed by atoms with Crippen LogP contribution < -0.4 is 11.5 Å². The predicted octanol–water partition coefficient (Wildman–Crippen LogP) is 0.912. The third kappa shape index (κ3) is 1.15. The normalized spacial score (nSPS) is 10.9. The fourth-order valence-electron chi connectivity index (χ4n) is 1.42. The number of nitrogens with one attached hydrogen (secondary N) is 1. The van der Waals surface area contributed by atoms with E-state index in [1.165, 1.54) is 0 Å². The highest BCUT2D eigenvalue weighted by atomic mass is 15.1. The molecule has 0 unspecified atom stereocenters. The van der Waals surface area contributed by atoms with Gasteiger partial charge in [0.2, 0.25) is 0 Å². The van der Waals surface area contributed by atoms with Crippen molar-refractivity contribution in [2.75, 3.05) is 5.73 Å². The molecule has 0 amide bonds. The van der Waals surface area contributed by atoms with Gasteiger partial charge in [0.05, 0.1) is 5.52 Å². The molecule has 0 aliphatic carbocycles. The summed E-state index contributed by atoms with van der Waals surface area (Å²) >= 11 is 0. The van der Waals surface area contributed by atoms with Crippen molar-refractivity contribution in [3.8, 4) is 0 Å². The zero-order valence-electron chi connectivity index (χ0n) is 7.46. The van der Waals surface area contributed by atoms with Gasteiger partial charge in [-0.05, 0) is 24.6 Å². The van der Waals surface area contributed by atoms with Gasteiger partial charge in [0.1, 0.15) is 0 Å². The summed E-state index contributed by atoms with van der Waals surface area (Å²) in [5.74, 6) is 0. The van der Waals surface area contributed by atoms with Crippen molar-refractivity contribution < 1.29 is 0 Å². The third-order valence-electron chi connectivity index (χ3n) is 2.23. The Kier molecular flexibility index (Phi) is 1.70. The first-order chi connectivity index (χ1) is 6.22. The first-order valence-corrected chi connectivity index (χ1v) is 4.15. The molecule has 0 spiro atoms. The molecule has 0 aliphatic heterocycles. The second-order valence-corrected chi connectivity index (χ2v) is 3.12. The summed E-state index contributed by atoms with van der Waals surface area (Å²) in [5.41, 5.74) is 14.9. The standard InChI is InChI=1S/C9H12N4/c1-5-7-2-6(4-10)8(11)3-9(7)13-12-5/h2-3H,4,10-11H2,1H3,(H,12,13). The summed E-state index contributed by atoms with van der Waals surface area (Å²) in [6, 6.07) is 3.84. The van der Waals surface area contributed by atoms with Crippen LogP contribution in [0.25, 0.3) is 10.9 Å². The number of hydrogen-bond donors (Lipinski definition) is 3. The molecule has 68 valence electrons. The highest BCUT2D eigenvalue weighted by Gasteiger charge is 2.04. The Morgan fingerprint density at radius 2 is 2.23 bits per heavy atom. The van der Waals surface area contributed by atoms with Crippen LogP contribution in [-0.4, -0.2) is 10.2 Å². The molecule has 13 heavy (non-hydrogen) atoms. The predicted molar refractivity (Wildman–Crippen MR) is 53.1 cm³/mol. The minimum absolute atomic E-state index is 0.465. The zero-order chi connectivity index (χ0) is 9.42. The van der Waals surface area contributed by atoms with Crippen LogP contribution in [0.3, 0.4) is 0 Å². The number of nitrogens with zero attached hydrogens (tertiary/aromatic N) is 1. The van der Waals surface area contributed by atoms with Gasteiger partial charge < -0.3 is 11.5 Å². The van der Waals surface area contributed by atoms with Crippen LogP contribution in [0.5, 0.6) is 0 Å². The van der Waals surface area contributed by atoms with Crippen molar-refractivity contribution in [1.29, 1.82) is 0 Å². The van der Waals surface area contributed by atoms with Crippen molar-refractivity contribution in [3.63, 3.8) is 0 Å². The summed E-state index contributed by atoms with van der Waals surface area (Å²) in [7, 11) is 0. The summed E-state index contributed by atoms with van der Waals surface area (Å²) in [6.45, 7) is 2.44. The second-order valence-electron chi connectivity index (χ2n) is 3.12. The molecule has 0 aliphatic rings. The van der Waals surface area contributed by atoms with E-state index in [1.807, 2.05) is 19.1 Å². The average molecular weight is 176 g/mol. The van der Waals surface area contributed by atoms with E-state index in [0.29, 0.717) is 12.2 Å². The molecule has 2 rings (SSSR count).